The molecule has 8 nitrogen and oxygen atoms in total. The summed E-state index contributed by atoms with van der Waals surface area (Å²) in [7, 11) is 0. The first kappa shape index (κ1) is 20.6. The molecule has 1 aromatic heterocycles. The van der Waals surface area contributed by atoms with Gasteiger partial charge in [-0.3, -0.25) is 30.1 Å². The number of aromatic amines is 1. The van der Waals surface area contributed by atoms with Gasteiger partial charge in [0.25, 0.3) is 5.91 Å². The lowest BCUT2D eigenvalue weighted by atomic mass is 10.1. The predicted octanol–water partition coefficient (Wildman–Crippen LogP) is 1.50. The van der Waals surface area contributed by atoms with E-state index < -0.39 is 5.91 Å². The molecule has 0 spiro atoms. The first-order valence-corrected chi connectivity index (χ1v) is 10.3. The summed E-state index contributed by atoms with van der Waals surface area (Å²) in [5, 5.41) is 0.616. The van der Waals surface area contributed by atoms with E-state index in [0.29, 0.717) is 17.4 Å². The van der Waals surface area contributed by atoms with Crippen LogP contribution in [0.2, 0.25) is 0 Å². The minimum atomic E-state index is -0.521. The molecule has 0 aliphatic carbocycles. The zero-order valence-electron chi connectivity index (χ0n) is 17.1. The number of benzene rings is 2. The molecule has 1 fully saturated rings. The third-order valence-electron chi connectivity index (χ3n) is 5.46. The highest BCUT2D eigenvalue weighted by atomic mass is 16.2. The third kappa shape index (κ3) is 5.10. The molecule has 4 rings (SSSR count). The van der Waals surface area contributed by atoms with Gasteiger partial charge in [-0.05, 0) is 18.2 Å². The van der Waals surface area contributed by atoms with Crippen LogP contribution in [0.3, 0.4) is 0 Å². The number of hydrazine groups is 1. The maximum Gasteiger partial charge on any atom is 0.270 e. The van der Waals surface area contributed by atoms with E-state index in [9.17, 15) is 14.4 Å². The van der Waals surface area contributed by atoms with Gasteiger partial charge in [0.15, 0.2) is 0 Å². The largest absolute Gasteiger partial charge is 0.369 e. The molecule has 8 heteroatoms. The molecule has 31 heavy (non-hydrogen) atoms. The number of pyridine rings is 1. The van der Waals surface area contributed by atoms with E-state index in [4.69, 9.17) is 0 Å². The van der Waals surface area contributed by atoms with Crippen molar-refractivity contribution in [3.8, 4) is 0 Å². The van der Waals surface area contributed by atoms with Crippen LogP contribution in [0.5, 0.6) is 0 Å². The van der Waals surface area contributed by atoms with E-state index >= 15 is 0 Å². The summed E-state index contributed by atoms with van der Waals surface area (Å²) >= 11 is 0. The van der Waals surface area contributed by atoms with Crippen LogP contribution in [-0.2, 0) is 4.79 Å². The predicted molar refractivity (Wildman–Crippen MR) is 120 cm³/mol. The van der Waals surface area contributed by atoms with Crippen LogP contribution in [0.1, 0.15) is 16.8 Å². The number of para-hydroxylation sites is 2. The molecule has 1 aliphatic rings. The number of nitrogens with one attached hydrogen (secondary N) is 3. The van der Waals surface area contributed by atoms with Gasteiger partial charge in [-0.15, -0.1) is 0 Å². The number of rotatable bonds is 5. The Morgan fingerprint density at radius 2 is 1.61 bits per heavy atom. The first-order chi connectivity index (χ1) is 15.1. The van der Waals surface area contributed by atoms with Gasteiger partial charge in [-0.1, -0.05) is 36.4 Å². The van der Waals surface area contributed by atoms with Gasteiger partial charge in [-0.2, -0.15) is 0 Å². The normalized spacial score (nSPS) is 14.4. The Morgan fingerprint density at radius 1 is 0.903 bits per heavy atom. The van der Waals surface area contributed by atoms with Crippen molar-refractivity contribution < 1.29 is 9.59 Å². The number of carbonyl (C=O) groups is 2. The highest BCUT2D eigenvalue weighted by Gasteiger charge is 2.18. The van der Waals surface area contributed by atoms with Crippen LogP contribution in [0.15, 0.2) is 65.5 Å². The van der Waals surface area contributed by atoms with Crippen LogP contribution in [0.4, 0.5) is 5.69 Å². The monoisotopic (exact) mass is 419 g/mol. The van der Waals surface area contributed by atoms with Crippen LogP contribution in [0.25, 0.3) is 10.9 Å². The second kappa shape index (κ2) is 9.44. The Morgan fingerprint density at radius 3 is 2.39 bits per heavy atom. The minimum absolute atomic E-state index is 0.219. The highest BCUT2D eigenvalue weighted by molar-refractivity contribution is 6.06. The number of piperazine rings is 1. The second-order valence-corrected chi connectivity index (χ2v) is 7.51. The Bertz CT molecular complexity index is 1120. The number of fused-ring (bicyclic) bond motifs is 1. The minimum Gasteiger partial charge on any atom is -0.369 e. The fourth-order valence-electron chi connectivity index (χ4n) is 3.78. The molecule has 160 valence electrons. The summed E-state index contributed by atoms with van der Waals surface area (Å²) in [6.07, 6.45) is 0.280. The summed E-state index contributed by atoms with van der Waals surface area (Å²) in [4.78, 5) is 43.8. The van der Waals surface area contributed by atoms with Gasteiger partial charge in [0.1, 0.15) is 0 Å². The number of aromatic nitrogens is 1. The lowest BCUT2D eigenvalue weighted by Gasteiger charge is -2.36. The molecule has 3 N–H and O–H groups in total. The number of amides is 2. The fraction of sp³-hybridized carbons (Fsp3) is 0.261. The van der Waals surface area contributed by atoms with Gasteiger partial charge < -0.3 is 9.88 Å². The highest BCUT2D eigenvalue weighted by Crippen LogP contribution is 2.16. The summed E-state index contributed by atoms with van der Waals surface area (Å²) in [6, 6.07) is 18.6. The lowest BCUT2D eigenvalue weighted by molar-refractivity contribution is -0.122. The van der Waals surface area contributed by atoms with Crippen molar-refractivity contribution in [2.24, 2.45) is 0 Å². The Labute approximate surface area is 179 Å². The maximum atomic E-state index is 12.5. The van der Waals surface area contributed by atoms with Crippen molar-refractivity contribution in [3.05, 3.63) is 76.6 Å². The molecular formula is C23H25N5O3. The number of carbonyl (C=O) groups excluding carboxylic acids is 2. The van der Waals surface area contributed by atoms with Crippen molar-refractivity contribution in [3.63, 3.8) is 0 Å². The summed E-state index contributed by atoms with van der Waals surface area (Å²) in [5.74, 6) is -0.792. The second-order valence-electron chi connectivity index (χ2n) is 7.51. The lowest BCUT2D eigenvalue weighted by Crippen LogP contribution is -2.48. The van der Waals surface area contributed by atoms with Crippen LogP contribution < -0.4 is 21.3 Å². The summed E-state index contributed by atoms with van der Waals surface area (Å²) in [6.45, 7) is 4.22. The topological polar surface area (TPSA) is 97.5 Å². The average molecular weight is 419 g/mol. The van der Waals surface area contributed by atoms with Crippen LogP contribution >= 0.6 is 0 Å². The molecule has 2 aromatic carbocycles. The molecule has 1 aliphatic heterocycles. The molecule has 0 unspecified atom stereocenters. The zero-order chi connectivity index (χ0) is 21.6. The molecule has 3 aromatic rings. The Hall–Kier alpha value is -3.65. The summed E-state index contributed by atoms with van der Waals surface area (Å²) in [5.41, 5.74) is 6.50. The Balaban J connectivity index is 1.24. The molecular weight excluding hydrogens is 394 g/mol. The van der Waals surface area contributed by atoms with Gasteiger partial charge in [0.05, 0.1) is 5.56 Å². The molecule has 2 heterocycles. The van der Waals surface area contributed by atoms with Crippen molar-refractivity contribution in [2.45, 2.75) is 6.42 Å². The fourth-order valence-corrected chi connectivity index (χ4v) is 3.78. The number of nitrogens with zero attached hydrogens (tertiary/aromatic N) is 2. The van der Waals surface area contributed by atoms with Gasteiger partial charge >= 0.3 is 0 Å². The molecule has 0 atom stereocenters. The van der Waals surface area contributed by atoms with E-state index in [1.165, 1.54) is 11.8 Å². The standard InChI is InChI=1S/C23H25N5O3/c29-21(10-11-27-12-14-28(15-13-27)17-6-2-1-3-7-17)25-26-23(31)19-16-22(30)24-20-9-5-4-8-18(19)20/h1-9,16H,10-15H2,(H,24,30)(H,25,29)(H,26,31). The number of hydrogen-bond donors (Lipinski definition) is 3. The first-order valence-electron chi connectivity index (χ1n) is 10.3. The molecule has 2 amide bonds. The van der Waals surface area contributed by atoms with Crippen LogP contribution in [0, 0.1) is 0 Å². The van der Waals surface area contributed by atoms with Crippen LogP contribution in [-0.4, -0.2) is 54.4 Å². The molecule has 0 bridgehead atoms. The number of hydrogen-bond acceptors (Lipinski definition) is 5. The van der Waals surface area contributed by atoms with E-state index in [-0.39, 0.29) is 23.5 Å². The van der Waals surface area contributed by atoms with E-state index in [1.807, 2.05) is 18.2 Å². The maximum absolute atomic E-state index is 12.5. The third-order valence-corrected chi connectivity index (χ3v) is 5.46. The summed E-state index contributed by atoms with van der Waals surface area (Å²) < 4.78 is 0. The van der Waals surface area contributed by atoms with Gasteiger partial charge in [-0.25, -0.2) is 0 Å². The van der Waals surface area contributed by atoms with Crippen molar-refractivity contribution in [2.75, 3.05) is 37.6 Å². The quantitative estimate of drug-likeness (QED) is 0.545. The average Bonchev–Trinajstić information content (AvgIpc) is 2.81. The van der Waals surface area contributed by atoms with Gasteiger partial charge in [0, 0.05) is 61.8 Å². The molecule has 0 saturated carbocycles. The van der Waals surface area contributed by atoms with Crippen molar-refractivity contribution >= 4 is 28.4 Å². The van der Waals surface area contributed by atoms with E-state index in [0.717, 1.165) is 26.2 Å². The molecule has 0 radical (unpaired) electrons. The number of anilines is 1. The van der Waals surface area contributed by atoms with Crippen molar-refractivity contribution in [1.29, 1.82) is 0 Å². The van der Waals surface area contributed by atoms with Gasteiger partial charge in [0.2, 0.25) is 11.5 Å². The van der Waals surface area contributed by atoms with E-state index in [1.54, 1.807) is 24.3 Å². The number of H-pyrrole nitrogens is 1. The Kier molecular flexibility index (Phi) is 6.28. The van der Waals surface area contributed by atoms with Crippen molar-refractivity contribution in [1.82, 2.24) is 20.7 Å². The SMILES string of the molecule is O=C(CCN1CCN(c2ccccc2)CC1)NNC(=O)c1cc(=O)[nH]c2ccccc12. The zero-order valence-corrected chi connectivity index (χ0v) is 17.1. The smallest absolute Gasteiger partial charge is 0.270 e. The van der Waals surface area contributed by atoms with E-state index in [2.05, 4.69) is 37.8 Å². The molecule has 1 saturated heterocycles.